The van der Waals surface area contributed by atoms with E-state index in [9.17, 15) is 4.79 Å². The molecule has 0 bridgehead atoms. The molecule has 1 amide bonds. The number of hydrogen-bond donors (Lipinski definition) is 3. The van der Waals surface area contributed by atoms with Crippen LogP contribution in [0.25, 0.3) is 0 Å². The van der Waals surface area contributed by atoms with Crippen molar-refractivity contribution < 1.29 is 14.3 Å². The number of anilines is 1. The number of carbonyl (C=O) groups is 1. The molecule has 9 heteroatoms. The van der Waals surface area contributed by atoms with Crippen LogP contribution >= 0.6 is 35.6 Å². The molecule has 0 spiro atoms. The number of ether oxygens (including phenoxy) is 2. The first-order valence-electron chi connectivity index (χ1n) is 8.76. The summed E-state index contributed by atoms with van der Waals surface area (Å²) < 4.78 is 9.73. The van der Waals surface area contributed by atoms with Crippen LogP contribution in [0.4, 0.5) is 10.5 Å². The maximum Gasteiger partial charge on any atom is 0.411 e. The third kappa shape index (κ3) is 8.36. The molecule has 0 aromatic heterocycles. The Bertz CT molecular complexity index is 816. The summed E-state index contributed by atoms with van der Waals surface area (Å²) in [5.41, 5.74) is 2.77. The van der Waals surface area contributed by atoms with E-state index in [1.54, 1.807) is 14.2 Å². The summed E-state index contributed by atoms with van der Waals surface area (Å²) in [5, 5.41) is 9.81. The molecule has 0 fully saturated rings. The SMILES string of the molecule is CN=C(NCCc1ccc(OC)cc1Cl)NCc1ccc(NC(=O)OC)cc1.I. The number of guanidine groups is 1. The highest BCUT2D eigenvalue weighted by Gasteiger charge is 2.04. The molecule has 0 aliphatic heterocycles. The van der Waals surface area contributed by atoms with E-state index in [1.807, 2.05) is 42.5 Å². The second-order valence-electron chi connectivity index (χ2n) is 5.87. The van der Waals surface area contributed by atoms with Crippen LogP contribution in [-0.4, -0.2) is 39.9 Å². The number of rotatable bonds is 7. The molecule has 0 radical (unpaired) electrons. The molecular weight excluding hydrogens is 507 g/mol. The Morgan fingerprint density at radius 3 is 2.41 bits per heavy atom. The lowest BCUT2D eigenvalue weighted by molar-refractivity contribution is 0.187. The van der Waals surface area contributed by atoms with Gasteiger partial charge in [-0.15, -0.1) is 24.0 Å². The number of benzene rings is 2. The van der Waals surface area contributed by atoms with Crippen molar-refractivity contribution in [3.63, 3.8) is 0 Å². The van der Waals surface area contributed by atoms with Gasteiger partial charge in [0.1, 0.15) is 5.75 Å². The van der Waals surface area contributed by atoms with E-state index >= 15 is 0 Å². The van der Waals surface area contributed by atoms with Gasteiger partial charge in [0.25, 0.3) is 0 Å². The Kier molecular flexibility index (Phi) is 11.2. The van der Waals surface area contributed by atoms with Crippen LogP contribution in [0.2, 0.25) is 5.02 Å². The molecule has 158 valence electrons. The van der Waals surface area contributed by atoms with Gasteiger partial charge in [0.2, 0.25) is 0 Å². The normalized spacial score (nSPS) is 10.6. The molecule has 0 unspecified atom stereocenters. The van der Waals surface area contributed by atoms with Crippen LogP contribution in [0.3, 0.4) is 0 Å². The third-order valence-electron chi connectivity index (χ3n) is 4.02. The molecule has 2 aromatic rings. The molecule has 0 heterocycles. The average Bonchev–Trinajstić information content (AvgIpc) is 2.72. The molecule has 29 heavy (non-hydrogen) atoms. The van der Waals surface area contributed by atoms with Crippen molar-refractivity contribution in [2.45, 2.75) is 13.0 Å². The van der Waals surface area contributed by atoms with Gasteiger partial charge in [0, 0.05) is 30.8 Å². The highest BCUT2D eigenvalue weighted by atomic mass is 127. The van der Waals surface area contributed by atoms with E-state index in [1.165, 1.54) is 7.11 Å². The van der Waals surface area contributed by atoms with E-state index in [4.69, 9.17) is 16.3 Å². The van der Waals surface area contributed by atoms with Crippen molar-refractivity contribution >= 4 is 53.3 Å². The highest BCUT2D eigenvalue weighted by Crippen LogP contribution is 2.22. The van der Waals surface area contributed by atoms with Crippen molar-refractivity contribution in [3.05, 3.63) is 58.6 Å². The van der Waals surface area contributed by atoms with E-state index in [0.29, 0.717) is 29.8 Å². The van der Waals surface area contributed by atoms with Gasteiger partial charge in [-0.05, 0) is 41.8 Å². The lowest BCUT2D eigenvalue weighted by Crippen LogP contribution is -2.37. The largest absolute Gasteiger partial charge is 0.497 e. The Morgan fingerprint density at radius 1 is 1.10 bits per heavy atom. The summed E-state index contributed by atoms with van der Waals surface area (Å²) in [6, 6.07) is 13.1. The van der Waals surface area contributed by atoms with Gasteiger partial charge in [-0.25, -0.2) is 4.79 Å². The van der Waals surface area contributed by atoms with Crippen molar-refractivity contribution in [2.75, 3.05) is 33.1 Å². The molecule has 2 aromatic carbocycles. The lowest BCUT2D eigenvalue weighted by Gasteiger charge is -2.13. The lowest BCUT2D eigenvalue weighted by atomic mass is 10.1. The fourth-order valence-corrected chi connectivity index (χ4v) is 2.72. The quantitative estimate of drug-likeness (QED) is 0.285. The van der Waals surface area contributed by atoms with Gasteiger partial charge < -0.3 is 20.1 Å². The Morgan fingerprint density at radius 2 is 1.83 bits per heavy atom. The molecule has 0 aliphatic carbocycles. The first kappa shape index (κ1) is 24.8. The Labute approximate surface area is 193 Å². The van der Waals surface area contributed by atoms with Crippen LogP contribution in [0.5, 0.6) is 5.75 Å². The molecule has 0 saturated heterocycles. The van der Waals surface area contributed by atoms with Crippen LogP contribution in [0.1, 0.15) is 11.1 Å². The van der Waals surface area contributed by atoms with Crippen LogP contribution in [0.15, 0.2) is 47.5 Å². The summed E-state index contributed by atoms with van der Waals surface area (Å²) in [7, 11) is 4.67. The maximum atomic E-state index is 11.2. The number of carbonyl (C=O) groups excluding carboxylic acids is 1. The van der Waals surface area contributed by atoms with Crippen LogP contribution in [0, 0.1) is 0 Å². The molecule has 7 nitrogen and oxygen atoms in total. The molecular formula is C20H26ClIN4O3. The van der Waals surface area contributed by atoms with Gasteiger partial charge in [-0.2, -0.15) is 0 Å². The van der Waals surface area contributed by atoms with Gasteiger partial charge in [0.15, 0.2) is 5.96 Å². The number of methoxy groups -OCH3 is 2. The zero-order chi connectivity index (χ0) is 20.4. The Balaban J connectivity index is 0.00000420. The fraction of sp³-hybridized carbons (Fsp3) is 0.300. The molecule has 0 atom stereocenters. The number of nitrogens with one attached hydrogen (secondary N) is 3. The number of halogens is 2. The average molecular weight is 533 g/mol. The maximum absolute atomic E-state index is 11.2. The van der Waals surface area contributed by atoms with E-state index < -0.39 is 6.09 Å². The first-order valence-corrected chi connectivity index (χ1v) is 9.14. The van der Waals surface area contributed by atoms with Gasteiger partial charge in [-0.1, -0.05) is 29.8 Å². The minimum atomic E-state index is -0.493. The predicted molar refractivity (Wildman–Crippen MR) is 128 cm³/mol. The minimum absolute atomic E-state index is 0. The number of hydrogen-bond acceptors (Lipinski definition) is 4. The summed E-state index contributed by atoms with van der Waals surface area (Å²) in [4.78, 5) is 15.4. The van der Waals surface area contributed by atoms with Gasteiger partial charge in [-0.3, -0.25) is 10.3 Å². The fourth-order valence-electron chi connectivity index (χ4n) is 2.45. The van der Waals surface area contributed by atoms with Crippen molar-refractivity contribution in [3.8, 4) is 5.75 Å². The highest BCUT2D eigenvalue weighted by molar-refractivity contribution is 14.0. The van der Waals surface area contributed by atoms with Gasteiger partial charge in [0.05, 0.1) is 14.2 Å². The minimum Gasteiger partial charge on any atom is -0.497 e. The number of aliphatic imine (C=N–C) groups is 1. The van der Waals surface area contributed by atoms with Crippen LogP contribution in [-0.2, 0) is 17.7 Å². The zero-order valence-corrected chi connectivity index (χ0v) is 19.7. The molecule has 2 rings (SSSR count). The first-order chi connectivity index (χ1) is 13.5. The Hall–Kier alpha value is -2.20. The smallest absolute Gasteiger partial charge is 0.411 e. The summed E-state index contributed by atoms with van der Waals surface area (Å²) in [5.74, 6) is 1.44. The van der Waals surface area contributed by atoms with Crippen molar-refractivity contribution in [2.24, 2.45) is 4.99 Å². The molecule has 3 N–H and O–H groups in total. The van der Waals surface area contributed by atoms with E-state index in [2.05, 4.69) is 25.7 Å². The summed E-state index contributed by atoms with van der Waals surface area (Å²) >= 11 is 6.26. The summed E-state index contributed by atoms with van der Waals surface area (Å²) in [6.07, 6.45) is 0.268. The zero-order valence-electron chi connectivity index (χ0n) is 16.6. The summed E-state index contributed by atoms with van der Waals surface area (Å²) in [6.45, 7) is 1.29. The number of nitrogens with zero attached hydrogens (tertiary/aromatic N) is 1. The second-order valence-corrected chi connectivity index (χ2v) is 6.28. The second kappa shape index (κ2) is 13.1. The van der Waals surface area contributed by atoms with Gasteiger partial charge >= 0.3 is 6.09 Å². The molecule has 0 aliphatic rings. The topological polar surface area (TPSA) is 84.0 Å². The standard InChI is InChI=1S/C20H25ClN4O3.HI/c1-22-19(23-11-10-15-6-9-17(27-2)12-18(15)21)24-13-14-4-7-16(8-5-14)25-20(26)28-3;/h4-9,12H,10-11,13H2,1-3H3,(H,25,26)(H2,22,23,24);1H. The number of amides is 1. The van der Waals surface area contributed by atoms with E-state index in [0.717, 1.165) is 23.3 Å². The monoisotopic (exact) mass is 532 g/mol. The van der Waals surface area contributed by atoms with Crippen LogP contribution < -0.4 is 20.7 Å². The van der Waals surface area contributed by atoms with Crippen molar-refractivity contribution in [1.82, 2.24) is 10.6 Å². The molecule has 0 saturated carbocycles. The van der Waals surface area contributed by atoms with E-state index in [-0.39, 0.29) is 24.0 Å². The third-order valence-corrected chi connectivity index (χ3v) is 4.37. The van der Waals surface area contributed by atoms with Crippen molar-refractivity contribution in [1.29, 1.82) is 0 Å². The predicted octanol–water partition coefficient (Wildman–Crippen LogP) is 4.05.